The number of hydrogen-bond acceptors (Lipinski definition) is 4. The lowest BCUT2D eigenvalue weighted by molar-refractivity contribution is 0.127. The van der Waals surface area contributed by atoms with Gasteiger partial charge in [-0.15, -0.1) is 5.10 Å². The summed E-state index contributed by atoms with van der Waals surface area (Å²) < 4.78 is 20.4. The zero-order valence-electron chi connectivity index (χ0n) is 11.5. The standard InChI is InChI=1S/C14H13FN4O3/c15-9-3-1-2-8(4-9)10-5-19(17-16-10)11-6-18(14(20)21)7-12-13(11)22-12/h1-5,11-13H,6-7H2,(H,20,21)/t11-,12-,13+/m1/s1. The lowest BCUT2D eigenvalue weighted by Crippen LogP contribution is -2.44. The number of carboxylic acid groups (broad SMARTS) is 1. The number of epoxide rings is 1. The van der Waals surface area contributed by atoms with Gasteiger partial charge in [0, 0.05) is 12.1 Å². The van der Waals surface area contributed by atoms with Gasteiger partial charge in [0.25, 0.3) is 0 Å². The van der Waals surface area contributed by atoms with E-state index in [-0.39, 0.29) is 24.1 Å². The third kappa shape index (κ3) is 2.21. The molecule has 1 aromatic carbocycles. The number of ether oxygens (including phenoxy) is 1. The highest BCUT2D eigenvalue weighted by molar-refractivity contribution is 5.65. The smallest absolute Gasteiger partial charge is 0.407 e. The van der Waals surface area contributed by atoms with Crippen LogP contribution in [0, 0.1) is 5.82 Å². The van der Waals surface area contributed by atoms with Crippen LogP contribution in [0.2, 0.25) is 0 Å². The Morgan fingerprint density at radius 3 is 3.05 bits per heavy atom. The fraction of sp³-hybridized carbons (Fsp3) is 0.357. The van der Waals surface area contributed by atoms with E-state index in [0.29, 0.717) is 24.3 Å². The Labute approximate surface area is 124 Å². The molecule has 22 heavy (non-hydrogen) atoms. The molecular weight excluding hydrogens is 291 g/mol. The second kappa shape index (κ2) is 4.77. The molecule has 0 spiro atoms. The summed E-state index contributed by atoms with van der Waals surface area (Å²) in [5.41, 5.74) is 1.18. The van der Waals surface area contributed by atoms with E-state index in [4.69, 9.17) is 9.84 Å². The highest BCUT2D eigenvalue weighted by Crippen LogP contribution is 2.38. The molecule has 2 aliphatic rings. The first-order valence-electron chi connectivity index (χ1n) is 6.93. The summed E-state index contributed by atoms with van der Waals surface area (Å²) in [7, 11) is 0. The molecule has 1 aromatic heterocycles. The van der Waals surface area contributed by atoms with Gasteiger partial charge in [-0.05, 0) is 12.1 Å². The minimum Gasteiger partial charge on any atom is -0.465 e. The Kier molecular flexibility index (Phi) is 2.86. The first-order valence-corrected chi connectivity index (χ1v) is 6.93. The fourth-order valence-electron chi connectivity index (χ4n) is 2.87. The molecule has 1 amide bonds. The van der Waals surface area contributed by atoms with Crippen molar-refractivity contribution in [1.29, 1.82) is 0 Å². The summed E-state index contributed by atoms with van der Waals surface area (Å²) in [5.74, 6) is -0.340. The largest absolute Gasteiger partial charge is 0.465 e. The average Bonchev–Trinajstić information content (AvgIpc) is 3.12. The van der Waals surface area contributed by atoms with Crippen molar-refractivity contribution in [3.05, 3.63) is 36.3 Å². The van der Waals surface area contributed by atoms with E-state index in [1.165, 1.54) is 17.0 Å². The monoisotopic (exact) mass is 304 g/mol. The molecule has 4 rings (SSSR count). The molecule has 2 aromatic rings. The maximum Gasteiger partial charge on any atom is 0.407 e. The molecule has 114 valence electrons. The van der Waals surface area contributed by atoms with E-state index < -0.39 is 6.09 Å². The second-order valence-electron chi connectivity index (χ2n) is 5.49. The van der Waals surface area contributed by atoms with Gasteiger partial charge in [0.15, 0.2) is 0 Å². The van der Waals surface area contributed by atoms with Crippen molar-refractivity contribution in [1.82, 2.24) is 19.9 Å². The van der Waals surface area contributed by atoms with E-state index in [1.54, 1.807) is 23.0 Å². The summed E-state index contributed by atoms with van der Waals surface area (Å²) >= 11 is 0. The number of nitrogens with zero attached hydrogens (tertiary/aromatic N) is 4. The zero-order valence-corrected chi connectivity index (χ0v) is 11.5. The van der Waals surface area contributed by atoms with Crippen LogP contribution in [0.1, 0.15) is 6.04 Å². The molecule has 7 nitrogen and oxygen atoms in total. The van der Waals surface area contributed by atoms with Crippen LogP contribution in [-0.2, 0) is 4.74 Å². The molecule has 2 fully saturated rings. The molecule has 0 saturated carbocycles. The van der Waals surface area contributed by atoms with Gasteiger partial charge < -0.3 is 14.7 Å². The molecule has 0 unspecified atom stereocenters. The Morgan fingerprint density at radius 1 is 1.41 bits per heavy atom. The van der Waals surface area contributed by atoms with Crippen LogP contribution < -0.4 is 0 Å². The number of benzene rings is 1. The number of carbonyl (C=O) groups is 1. The van der Waals surface area contributed by atoms with Crippen LogP contribution in [-0.4, -0.2) is 56.4 Å². The summed E-state index contributed by atoms with van der Waals surface area (Å²) in [6, 6.07) is 5.90. The fourth-order valence-corrected chi connectivity index (χ4v) is 2.87. The lowest BCUT2D eigenvalue weighted by Gasteiger charge is -2.27. The van der Waals surface area contributed by atoms with E-state index >= 15 is 0 Å². The van der Waals surface area contributed by atoms with E-state index in [0.717, 1.165) is 0 Å². The molecule has 0 radical (unpaired) electrons. The van der Waals surface area contributed by atoms with Gasteiger partial charge in [-0.2, -0.15) is 0 Å². The van der Waals surface area contributed by atoms with Gasteiger partial charge in [-0.1, -0.05) is 17.3 Å². The van der Waals surface area contributed by atoms with Gasteiger partial charge in [0.1, 0.15) is 29.8 Å². The van der Waals surface area contributed by atoms with Gasteiger partial charge in [0.2, 0.25) is 0 Å². The maximum atomic E-state index is 13.3. The van der Waals surface area contributed by atoms with Crippen molar-refractivity contribution >= 4 is 6.09 Å². The molecule has 2 aliphatic heterocycles. The van der Waals surface area contributed by atoms with Gasteiger partial charge >= 0.3 is 6.09 Å². The summed E-state index contributed by atoms with van der Waals surface area (Å²) in [4.78, 5) is 12.5. The summed E-state index contributed by atoms with van der Waals surface area (Å²) in [6.45, 7) is 0.699. The molecule has 1 N–H and O–H groups in total. The second-order valence-corrected chi connectivity index (χ2v) is 5.49. The number of likely N-dealkylation sites (tertiary alicyclic amines) is 1. The van der Waals surface area contributed by atoms with Crippen LogP contribution in [0.25, 0.3) is 11.3 Å². The average molecular weight is 304 g/mol. The molecule has 3 atom stereocenters. The van der Waals surface area contributed by atoms with E-state index in [9.17, 15) is 9.18 Å². The highest BCUT2D eigenvalue weighted by Gasteiger charge is 2.52. The van der Waals surface area contributed by atoms with Crippen LogP contribution in [0.4, 0.5) is 9.18 Å². The number of piperidine rings is 1. The number of fused-ring (bicyclic) bond motifs is 1. The van der Waals surface area contributed by atoms with Crippen LogP contribution in [0.5, 0.6) is 0 Å². The molecular formula is C14H13FN4O3. The van der Waals surface area contributed by atoms with E-state index in [2.05, 4.69) is 10.3 Å². The number of rotatable bonds is 2. The Hall–Kier alpha value is -2.48. The van der Waals surface area contributed by atoms with Crippen molar-refractivity contribution in [3.8, 4) is 11.3 Å². The summed E-state index contributed by atoms with van der Waals surface area (Å²) in [5, 5.41) is 17.2. The van der Waals surface area contributed by atoms with Crippen molar-refractivity contribution in [2.75, 3.05) is 13.1 Å². The third-order valence-corrected chi connectivity index (χ3v) is 4.05. The predicted molar refractivity (Wildman–Crippen MR) is 72.7 cm³/mol. The zero-order chi connectivity index (χ0) is 15.3. The van der Waals surface area contributed by atoms with Crippen molar-refractivity contribution in [2.24, 2.45) is 0 Å². The van der Waals surface area contributed by atoms with Gasteiger partial charge in [-0.25, -0.2) is 13.9 Å². The molecule has 2 saturated heterocycles. The SMILES string of the molecule is O=C(O)N1C[C@@H](n2cc(-c3cccc(F)c3)nn2)[C@@H]2O[C@@H]2C1. The maximum absolute atomic E-state index is 13.3. The molecule has 8 heteroatoms. The lowest BCUT2D eigenvalue weighted by atomic mass is 10.1. The van der Waals surface area contributed by atoms with Gasteiger partial charge in [0.05, 0.1) is 12.7 Å². The Morgan fingerprint density at radius 2 is 2.27 bits per heavy atom. The van der Waals surface area contributed by atoms with E-state index in [1.807, 2.05) is 0 Å². The molecule has 0 bridgehead atoms. The van der Waals surface area contributed by atoms with Crippen LogP contribution in [0.15, 0.2) is 30.5 Å². The highest BCUT2D eigenvalue weighted by atomic mass is 19.1. The number of hydrogen-bond donors (Lipinski definition) is 1. The van der Waals surface area contributed by atoms with Crippen LogP contribution >= 0.6 is 0 Å². The number of halogens is 1. The topological polar surface area (TPSA) is 83.8 Å². The number of aromatic nitrogens is 3. The van der Waals surface area contributed by atoms with Gasteiger partial charge in [-0.3, -0.25) is 0 Å². The molecule has 3 heterocycles. The van der Waals surface area contributed by atoms with Crippen molar-refractivity contribution in [2.45, 2.75) is 18.2 Å². The van der Waals surface area contributed by atoms with Crippen LogP contribution in [0.3, 0.4) is 0 Å². The predicted octanol–water partition coefficient (Wildman–Crippen LogP) is 1.39. The Balaban J connectivity index is 1.60. The minimum absolute atomic E-state index is 0.0299. The molecule has 0 aliphatic carbocycles. The van der Waals surface area contributed by atoms with Crippen molar-refractivity contribution in [3.63, 3.8) is 0 Å². The normalized spacial score (nSPS) is 26.6. The Bertz CT molecular complexity index is 734. The number of amides is 1. The first-order chi connectivity index (χ1) is 10.6. The summed E-state index contributed by atoms with van der Waals surface area (Å²) in [6.07, 6.45) is 0.627. The third-order valence-electron chi connectivity index (χ3n) is 4.05. The quantitative estimate of drug-likeness (QED) is 0.848. The first kappa shape index (κ1) is 13.2. The minimum atomic E-state index is -0.968. The van der Waals surface area contributed by atoms with Crippen molar-refractivity contribution < 1.29 is 19.0 Å².